The van der Waals surface area contributed by atoms with Crippen molar-refractivity contribution in [2.45, 2.75) is 13.0 Å². The topological polar surface area (TPSA) is 75.6 Å². The molecule has 4 aromatic rings. The molecule has 27 heavy (non-hydrogen) atoms. The van der Waals surface area contributed by atoms with Crippen LogP contribution < -0.4 is 5.32 Å². The van der Waals surface area contributed by atoms with Gasteiger partial charge in [0.2, 0.25) is 0 Å². The van der Waals surface area contributed by atoms with Crippen molar-refractivity contribution < 1.29 is 4.79 Å². The average molecular weight is 357 g/mol. The van der Waals surface area contributed by atoms with Crippen LogP contribution in [0.4, 0.5) is 0 Å². The average Bonchev–Trinajstić information content (AvgIpc) is 3.41. The van der Waals surface area contributed by atoms with Gasteiger partial charge in [0.25, 0.3) is 5.91 Å². The second kappa shape index (κ2) is 7.29. The van der Waals surface area contributed by atoms with Crippen LogP contribution >= 0.6 is 0 Å². The minimum atomic E-state index is -0.159. The van der Waals surface area contributed by atoms with Crippen LogP contribution in [0.2, 0.25) is 0 Å². The van der Waals surface area contributed by atoms with E-state index < -0.39 is 0 Å². The lowest BCUT2D eigenvalue weighted by atomic mass is 10.1. The third-order valence-electron chi connectivity index (χ3n) is 4.49. The standard InChI is InChI=1S/C21H19N5O/c1-15(16-7-9-18(10-8-16)26-12-11-22-14-26)24-21(27)19-13-23-25-20(19)17-5-3-2-4-6-17/h2-15H,1H3,(H,23,25)(H,24,27). The molecule has 0 aliphatic heterocycles. The predicted molar refractivity (Wildman–Crippen MR) is 103 cm³/mol. The van der Waals surface area contributed by atoms with Gasteiger partial charge in [-0.2, -0.15) is 5.10 Å². The number of amides is 1. The molecule has 2 aromatic heterocycles. The first-order valence-corrected chi connectivity index (χ1v) is 8.70. The summed E-state index contributed by atoms with van der Waals surface area (Å²) in [4.78, 5) is 16.8. The molecule has 4 rings (SSSR count). The SMILES string of the molecule is CC(NC(=O)c1cn[nH]c1-c1ccccc1)c1ccc(-n2ccnc2)cc1. The molecule has 134 valence electrons. The second-order valence-corrected chi connectivity index (χ2v) is 6.28. The number of hydrogen-bond acceptors (Lipinski definition) is 3. The van der Waals surface area contributed by atoms with Gasteiger partial charge in [-0.05, 0) is 24.6 Å². The third-order valence-corrected chi connectivity index (χ3v) is 4.49. The molecule has 1 amide bonds. The Bertz CT molecular complexity index is 1020. The van der Waals surface area contributed by atoms with Crippen molar-refractivity contribution in [2.75, 3.05) is 0 Å². The van der Waals surface area contributed by atoms with Crippen molar-refractivity contribution in [3.63, 3.8) is 0 Å². The van der Waals surface area contributed by atoms with Gasteiger partial charge in [-0.15, -0.1) is 0 Å². The van der Waals surface area contributed by atoms with Crippen molar-refractivity contribution in [3.8, 4) is 16.9 Å². The maximum Gasteiger partial charge on any atom is 0.255 e. The first kappa shape index (κ1) is 16.8. The molecule has 2 heterocycles. The van der Waals surface area contributed by atoms with Crippen LogP contribution in [-0.4, -0.2) is 25.7 Å². The van der Waals surface area contributed by atoms with Gasteiger partial charge in [0.05, 0.1) is 29.8 Å². The van der Waals surface area contributed by atoms with E-state index in [-0.39, 0.29) is 11.9 Å². The van der Waals surface area contributed by atoms with E-state index in [0.717, 1.165) is 22.5 Å². The molecule has 6 heteroatoms. The summed E-state index contributed by atoms with van der Waals surface area (Å²) >= 11 is 0. The number of H-pyrrole nitrogens is 1. The van der Waals surface area contributed by atoms with Gasteiger partial charge in [0.15, 0.2) is 0 Å². The van der Waals surface area contributed by atoms with Gasteiger partial charge in [0.1, 0.15) is 0 Å². The molecule has 0 aliphatic rings. The summed E-state index contributed by atoms with van der Waals surface area (Å²) in [6, 6.07) is 17.6. The molecule has 1 atom stereocenters. The number of aromatic amines is 1. The maximum absolute atomic E-state index is 12.8. The predicted octanol–water partition coefficient (Wildman–Crippen LogP) is 3.75. The van der Waals surface area contributed by atoms with Gasteiger partial charge in [-0.3, -0.25) is 9.89 Å². The number of nitrogens with zero attached hydrogens (tertiary/aromatic N) is 3. The minimum absolute atomic E-state index is 0.132. The van der Waals surface area contributed by atoms with Gasteiger partial charge < -0.3 is 9.88 Å². The molecule has 6 nitrogen and oxygen atoms in total. The van der Waals surface area contributed by atoms with Gasteiger partial charge in [-0.25, -0.2) is 4.98 Å². The van der Waals surface area contributed by atoms with Crippen LogP contribution in [-0.2, 0) is 0 Å². The highest BCUT2D eigenvalue weighted by Gasteiger charge is 2.17. The van der Waals surface area contributed by atoms with Crippen LogP contribution in [0, 0.1) is 0 Å². The van der Waals surface area contributed by atoms with Gasteiger partial charge >= 0.3 is 0 Å². The Morgan fingerprint density at radius 2 is 1.89 bits per heavy atom. The largest absolute Gasteiger partial charge is 0.345 e. The molecule has 0 spiro atoms. The maximum atomic E-state index is 12.8. The lowest BCUT2D eigenvalue weighted by Gasteiger charge is -2.15. The summed E-state index contributed by atoms with van der Waals surface area (Å²) in [6.07, 6.45) is 6.95. The monoisotopic (exact) mass is 357 g/mol. The molecule has 0 saturated carbocycles. The minimum Gasteiger partial charge on any atom is -0.345 e. The number of nitrogens with one attached hydrogen (secondary N) is 2. The van der Waals surface area contributed by atoms with Crippen LogP contribution in [0.25, 0.3) is 16.9 Å². The van der Waals surface area contributed by atoms with Crippen molar-refractivity contribution in [1.82, 2.24) is 25.1 Å². The quantitative estimate of drug-likeness (QED) is 0.571. The van der Waals surface area contributed by atoms with Crippen LogP contribution in [0.3, 0.4) is 0 Å². The fraction of sp³-hybridized carbons (Fsp3) is 0.0952. The van der Waals surface area contributed by atoms with Crippen LogP contribution in [0.5, 0.6) is 0 Å². The Balaban J connectivity index is 1.50. The summed E-state index contributed by atoms with van der Waals surface area (Å²) < 4.78 is 1.94. The smallest absolute Gasteiger partial charge is 0.255 e. The summed E-state index contributed by atoms with van der Waals surface area (Å²) in [7, 11) is 0. The van der Waals surface area contributed by atoms with E-state index in [0.29, 0.717) is 5.56 Å². The molecule has 0 fully saturated rings. The van der Waals surface area contributed by atoms with Gasteiger partial charge in [0, 0.05) is 23.6 Å². The first-order valence-electron chi connectivity index (χ1n) is 8.70. The fourth-order valence-corrected chi connectivity index (χ4v) is 2.99. The number of imidazole rings is 1. The van der Waals surface area contributed by atoms with E-state index >= 15 is 0 Å². The number of benzene rings is 2. The zero-order valence-corrected chi connectivity index (χ0v) is 14.8. The van der Waals surface area contributed by atoms with E-state index in [4.69, 9.17) is 0 Å². The molecule has 0 radical (unpaired) electrons. The lowest BCUT2D eigenvalue weighted by molar-refractivity contribution is 0.0940. The molecule has 1 unspecified atom stereocenters. The molecular weight excluding hydrogens is 338 g/mol. The highest BCUT2D eigenvalue weighted by molar-refractivity contribution is 5.99. The van der Waals surface area contributed by atoms with Crippen molar-refractivity contribution in [2.24, 2.45) is 0 Å². The number of carbonyl (C=O) groups is 1. The number of carbonyl (C=O) groups excluding carboxylic acids is 1. The van der Waals surface area contributed by atoms with E-state index in [2.05, 4.69) is 20.5 Å². The molecular formula is C21H19N5O. The Morgan fingerprint density at radius 3 is 2.59 bits per heavy atom. The number of hydrogen-bond donors (Lipinski definition) is 2. The van der Waals surface area contributed by atoms with Crippen molar-refractivity contribution in [3.05, 3.63) is 90.6 Å². The van der Waals surface area contributed by atoms with Crippen LogP contribution in [0.1, 0.15) is 28.9 Å². The molecule has 0 aliphatic carbocycles. The Hall–Kier alpha value is -3.67. The zero-order chi connectivity index (χ0) is 18.6. The first-order chi connectivity index (χ1) is 13.2. The van der Waals surface area contributed by atoms with E-state index in [1.807, 2.05) is 72.3 Å². The Kier molecular flexibility index (Phi) is 4.53. The number of aromatic nitrogens is 4. The number of rotatable bonds is 5. The zero-order valence-electron chi connectivity index (χ0n) is 14.8. The molecule has 2 aromatic carbocycles. The highest BCUT2D eigenvalue weighted by atomic mass is 16.1. The lowest BCUT2D eigenvalue weighted by Crippen LogP contribution is -2.26. The molecule has 2 N–H and O–H groups in total. The van der Waals surface area contributed by atoms with E-state index in [9.17, 15) is 4.79 Å². The third kappa shape index (κ3) is 3.50. The Morgan fingerprint density at radius 1 is 1.11 bits per heavy atom. The van der Waals surface area contributed by atoms with Crippen molar-refractivity contribution in [1.29, 1.82) is 0 Å². The molecule has 0 bridgehead atoms. The highest BCUT2D eigenvalue weighted by Crippen LogP contribution is 2.22. The normalized spacial score (nSPS) is 11.9. The second-order valence-electron chi connectivity index (χ2n) is 6.28. The summed E-state index contributed by atoms with van der Waals surface area (Å²) in [5.41, 5.74) is 4.23. The van der Waals surface area contributed by atoms with E-state index in [1.165, 1.54) is 0 Å². The molecule has 0 saturated heterocycles. The van der Waals surface area contributed by atoms with Gasteiger partial charge in [-0.1, -0.05) is 42.5 Å². The summed E-state index contributed by atoms with van der Waals surface area (Å²) in [6.45, 7) is 1.96. The fourth-order valence-electron chi connectivity index (χ4n) is 2.99. The summed E-state index contributed by atoms with van der Waals surface area (Å²) in [5.74, 6) is -0.159. The van der Waals surface area contributed by atoms with Crippen molar-refractivity contribution >= 4 is 5.91 Å². The Labute approximate surface area is 156 Å². The summed E-state index contributed by atoms with van der Waals surface area (Å²) in [5, 5.41) is 10.0. The van der Waals surface area contributed by atoms with Crippen LogP contribution in [0.15, 0.2) is 79.5 Å². The van der Waals surface area contributed by atoms with E-state index in [1.54, 1.807) is 18.7 Å².